The molecule has 0 saturated carbocycles. The highest BCUT2D eigenvalue weighted by Crippen LogP contribution is 2.29. The molecular weight excluding hydrogens is 365 g/mol. The van der Waals surface area contributed by atoms with Crippen molar-refractivity contribution < 1.29 is 13.9 Å². The maximum atomic E-state index is 13.9. The Kier molecular flexibility index (Phi) is 5.71. The number of rotatable bonds is 5. The van der Waals surface area contributed by atoms with Gasteiger partial charge in [0.1, 0.15) is 11.6 Å². The van der Waals surface area contributed by atoms with Crippen LogP contribution in [0.4, 0.5) is 10.1 Å². The first-order chi connectivity index (χ1) is 13.0. The Morgan fingerprint density at radius 3 is 2.59 bits per heavy atom. The van der Waals surface area contributed by atoms with E-state index in [-0.39, 0.29) is 5.69 Å². The number of hydrogen-bond donors (Lipinski definition) is 3. The predicted molar refractivity (Wildman–Crippen MR) is 107 cm³/mol. The largest absolute Gasteiger partial charge is 0.494 e. The van der Waals surface area contributed by atoms with Crippen LogP contribution in [-0.2, 0) is 4.79 Å². The van der Waals surface area contributed by atoms with Gasteiger partial charge in [0.05, 0.1) is 23.9 Å². The maximum absolute atomic E-state index is 13.9. The zero-order valence-corrected chi connectivity index (χ0v) is 15.8. The molecule has 0 spiro atoms. The van der Waals surface area contributed by atoms with Gasteiger partial charge in [-0.1, -0.05) is 24.3 Å². The van der Waals surface area contributed by atoms with E-state index in [9.17, 15) is 9.18 Å². The predicted octanol–water partition coefficient (Wildman–Crippen LogP) is 3.66. The molecule has 0 saturated heterocycles. The highest BCUT2D eigenvalue weighted by Gasteiger charge is 2.30. The molecule has 1 heterocycles. The number of benzene rings is 2. The minimum atomic E-state index is -0.492. The lowest BCUT2D eigenvalue weighted by molar-refractivity contribution is -0.113. The molecule has 0 radical (unpaired) electrons. The van der Waals surface area contributed by atoms with Gasteiger partial charge in [-0.25, -0.2) is 4.39 Å². The molecule has 1 aliphatic rings. The number of hydrogen-bond acceptors (Lipinski definition) is 3. The average Bonchev–Trinajstić information content (AvgIpc) is 2.64. The fraction of sp³-hybridized carbons (Fsp3) is 0.200. The summed E-state index contributed by atoms with van der Waals surface area (Å²) in [5.41, 5.74) is 2.03. The lowest BCUT2D eigenvalue weighted by Gasteiger charge is -2.30. The van der Waals surface area contributed by atoms with Crippen molar-refractivity contribution in [3.63, 3.8) is 0 Å². The topological polar surface area (TPSA) is 62.4 Å². The minimum absolute atomic E-state index is 0.126. The first-order valence-corrected chi connectivity index (χ1v) is 8.97. The van der Waals surface area contributed by atoms with E-state index >= 15 is 0 Å². The molecule has 0 bridgehead atoms. The van der Waals surface area contributed by atoms with E-state index in [1.165, 1.54) is 12.1 Å². The van der Waals surface area contributed by atoms with Crippen molar-refractivity contribution in [1.82, 2.24) is 10.6 Å². The number of amides is 1. The zero-order valence-electron chi connectivity index (χ0n) is 15.0. The normalized spacial score (nSPS) is 16.4. The molecule has 1 aliphatic heterocycles. The molecule has 1 atom stereocenters. The molecule has 2 aromatic carbocycles. The third-order valence-electron chi connectivity index (χ3n) is 4.16. The lowest BCUT2D eigenvalue weighted by Crippen LogP contribution is -2.45. The first-order valence-electron chi connectivity index (χ1n) is 8.56. The van der Waals surface area contributed by atoms with Crippen molar-refractivity contribution in [2.75, 3.05) is 11.9 Å². The highest BCUT2D eigenvalue weighted by atomic mass is 32.1. The summed E-state index contributed by atoms with van der Waals surface area (Å²) in [6.45, 7) is 4.26. The molecule has 2 aromatic rings. The molecule has 7 heteroatoms. The maximum Gasteiger partial charge on any atom is 0.255 e. The summed E-state index contributed by atoms with van der Waals surface area (Å²) in [5, 5.41) is 9.14. The summed E-state index contributed by atoms with van der Waals surface area (Å²) >= 11 is 5.24. The molecule has 0 aromatic heterocycles. The van der Waals surface area contributed by atoms with Crippen LogP contribution in [0, 0.1) is 5.82 Å². The SMILES string of the molecule is CCOc1ccc(C2NC(=S)NC(C)=C2C(=O)Nc2ccccc2F)cc1. The molecule has 1 unspecified atom stereocenters. The van der Waals surface area contributed by atoms with Crippen LogP contribution in [0.3, 0.4) is 0 Å². The van der Waals surface area contributed by atoms with Crippen molar-refractivity contribution in [3.05, 3.63) is 71.2 Å². The van der Waals surface area contributed by atoms with E-state index < -0.39 is 17.8 Å². The fourth-order valence-corrected chi connectivity index (χ4v) is 3.19. The smallest absolute Gasteiger partial charge is 0.255 e. The van der Waals surface area contributed by atoms with Crippen LogP contribution in [0.15, 0.2) is 59.8 Å². The van der Waals surface area contributed by atoms with Crippen LogP contribution in [0.5, 0.6) is 5.75 Å². The van der Waals surface area contributed by atoms with Gasteiger partial charge in [0.15, 0.2) is 5.11 Å². The minimum Gasteiger partial charge on any atom is -0.494 e. The van der Waals surface area contributed by atoms with Gasteiger partial charge in [0.2, 0.25) is 0 Å². The number of nitrogens with one attached hydrogen (secondary N) is 3. The zero-order chi connectivity index (χ0) is 19.4. The number of carbonyl (C=O) groups is 1. The summed E-state index contributed by atoms with van der Waals surface area (Å²) in [6.07, 6.45) is 0. The van der Waals surface area contributed by atoms with Gasteiger partial charge >= 0.3 is 0 Å². The Morgan fingerprint density at radius 2 is 1.93 bits per heavy atom. The second-order valence-corrected chi connectivity index (χ2v) is 6.41. The molecule has 3 N–H and O–H groups in total. The third kappa shape index (κ3) is 4.25. The van der Waals surface area contributed by atoms with E-state index in [2.05, 4.69) is 16.0 Å². The molecule has 3 rings (SSSR count). The summed E-state index contributed by atoms with van der Waals surface area (Å²) in [6, 6.07) is 13.0. The van der Waals surface area contributed by atoms with Crippen molar-refractivity contribution in [2.45, 2.75) is 19.9 Å². The van der Waals surface area contributed by atoms with Gasteiger partial charge in [-0.05, 0) is 55.9 Å². The van der Waals surface area contributed by atoms with E-state index in [0.717, 1.165) is 11.3 Å². The van der Waals surface area contributed by atoms with E-state index in [1.54, 1.807) is 19.1 Å². The Morgan fingerprint density at radius 1 is 1.22 bits per heavy atom. The van der Waals surface area contributed by atoms with Crippen LogP contribution < -0.4 is 20.7 Å². The van der Waals surface area contributed by atoms with Gasteiger partial charge < -0.3 is 20.7 Å². The molecule has 0 aliphatic carbocycles. The van der Waals surface area contributed by atoms with Crippen molar-refractivity contribution >= 4 is 28.9 Å². The lowest BCUT2D eigenvalue weighted by atomic mass is 9.95. The Balaban J connectivity index is 1.91. The van der Waals surface area contributed by atoms with Crippen molar-refractivity contribution in [1.29, 1.82) is 0 Å². The highest BCUT2D eigenvalue weighted by molar-refractivity contribution is 7.80. The number of ether oxygens (including phenoxy) is 1. The Bertz CT molecular complexity index is 896. The number of anilines is 1. The first kappa shape index (κ1) is 18.8. The second kappa shape index (κ2) is 8.18. The van der Waals surface area contributed by atoms with E-state index in [0.29, 0.717) is 23.0 Å². The van der Waals surface area contributed by atoms with Gasteiger partial charge in [0, 0.05) is 5.70 Å². The molecule has 27 heavy (non-hydrogen) atoms. The number of allylic oxidation sites excluding steroid dienone is 1. The van der Waals surface area contributed by atoms with Crippen molar-refractivity contribution in [2.24, 2.45) is 0 Å². The number of halogens is 1. The van der Waals surface area contributed by atoms with Crippen LogP contribution in [0.1, 0.15) is 25.5 Å². The third-order valence-corrected chi connectivity index (χ3v) is 4.38. The standard InChI is InChI=1S/C20H20FN3O2S/c1-3-26-14-10-8-13(9-11-14)18-17(12(2)22-20(27)24-18)19(25)23-16-7-5-4-6-15(16)21/h4-11,18H,3H2,1-2H3,(H,23,25)(H2,22,24,27). The summed E-state index contributed by atoms with van der Waals surface area (Å²) in [7, 11) is 0. The molecular formula is C20H20FN3O2S. The van der Waals surface area contributed by atoms with Crippen LogP contribution in [0.25, 0.3) is 0 Å². The molecule has 140 valence electrons. The van der Waals surface area contributed by atoms with Gasteiger partial charge in [-0.2, -0.15) is 0 Å². The summed E-state index contributed by atoms with van der Waals surface area (Å²) in [5.74, 6) is -0.149. The number of para-hydroxylation sites is 1. The average molecular weight is 385 g/mol. The Labute approximate surface area is 162 Å². The van der Waals surface area contributed by atoms with Crippen LogP contribution in [-0.4, -0.2) is 17.6 Å². The number of thiocarbonyl (C=S) groups is 1. The monoisotopic (exact) mass is 385 g/mol. The second-order valence-electron chi connectivity index (χ2n) is 6.01. The van der Waals surface area contributed by atoms with Crippen LogP contribution >= 0.6 is 12.2 Å². The Hall–Kier alpha value is -2.93. The fourth-order valence-electron chi connectivity index (χ4n) is 2.92. The number of carbonyl (C=O) groups excluding carboxylic acids is 1. The van der Waals surface area contributed by atoms with E-state index in [4.69, 9.17) is 17.0 Å². The molecule has 0 fully saturated rings. The molecule has 5 nitrogen and oxygen atoms in total. The summed E-state index contributed by atoms with van der Waals surface area (Å²) in [4.78, 5) is 12.9. The molecule has 1 amide bonds. The van der Waals surface area contributed by atoms with Gasteiger partial charge in [-0.3, -0.25) is 4.79 Å². The van der Waals surface area contributed by atoms with Gasteiger partial charge in [-0.15, -0.1) is 0 Å². The van der Waals surface area contributed by atoms with Crippen molar-refractivity contribution in [3.8, 4) is 5.75 Å². The van der Waals surface area contributed by atoms with E-state index in [1.807, 2.05) is 31.2 Å². The van der Waals surface area contributed by atoms with Crippen LogP contribution in [0.2, 0.25) is 0 Å². The van der Waals surface area contributed by atoms with Gasteiger partial charge in [0.25, 0.3) is 5.91 Å². The quantitative estimate of drug-likeness (QED) is 0.686. The summed E-state index contributed by atoms with van der Waals surface area (Å²) < 4.78 is 19.4.